The third kappa shape index (κ3) is 2.97. The zero-order chi connectivity index (χ0) is 14.9. The van der Waals surface area contributed by atoms with Crippen LogP contribution in [0.5, 0.6) is 5.75 Å². The summed E-state index contributed by atoms with van der Waals surface area (Å²) in [5.41, 5.74) is 6.69. The van der Waals surface area contributed by atoms with Crippen LogP contribution in [0.4, 0.5) is 11.4 Å². The zero-order valence-corrected chi connectivity index (χ0v) is 12.2. The molecule has 0 atom stereocenters. The van der Waals surface area contributed by atoms with Crippen molar-refractivity contribution in [3.8, 4) is 5.75 Å². The molecule has 4 N–H and O–H groups in total. The van der Waals surface area contributed by atoms with Crippen molar-refractivity contribution in [3.05, 3.63) is 47.0 Å². The van der Waals surface area contributed by atoms with Gasteiger partial charge in [0.15, 0.2) is 0 Å². The third-order valence-electron chi connectivity index (χ3n) is 2.75. The van der Waals surface area contributed by atoms with Crippen molar-refractivity contribution in [2.45, 2.75) is 11.8 Å². The fraction of sp³-hybridized carbons (Fsp3) is 0.0769. The minimum atomic E-state index is -3.83. The summed E-state index contributed by atoms with van der Waals surface area (Å²) in [4.78, 5) is 0.00541. The van der Waals surface area contributed by atoms with E-state index in [1.807, 2.05) is 0 Å². The summed E-state index contributed by atoms with van der Waals surface area (Å²) in [6, 6.07) is 8.64. The molecule has 0 fully saturated rings. The van der Waals surface area contributed by atoms with E-state index in [1.165, 1.54) is 36.4 Å². The summed E-state index contributed by atoms with van der Waals surface area (Å²) >= 11 is 5.84. The molecule has 20 heavy (non-hydrogen) atoms. The van der Waals surface area contributed by atoms with Crippen LogP contribution < -0.4 is 10.5 Å². The van der Waals surface area contributed by atoms with Gasteiger partial charge in [0.2, 0.25) is 0 Å². The third-order valence-corrected chi connectivity index (χ3v) is 4.48. The molecule has 0 saturated carbocycles. The molecule has 0 aliphatic rings. The van der Waals surface area contributed by atoms with Gasteiger partial charge in [-0.05, 0) is 36.8 Å². The Bertz CT molecular complexity index is 760. The van der Waals surface area contributed by atoms with Gasteiger partial charge in [-0.3, -0.25) is 4.72 Å². The van der Waals surface area contributed by atoms with Crippen LogP contribution in [0, 0.1) is 6.92 Å². The molecular formula is C13H13ClN2O3S. The summed E-state index contributed by atoms with van der Waals surface area (Å²) in [5.74, 6) is -0.0347. The molecule has 0 bridgehead atoms. The molecule has 2 rings (SSSR count). The molecule has 0 amide bonds. The van der Waals surface area contributed by atoms with E-state index >= 15 is 0 Å². The van der Waals surface area contributed by atoms with Crippen LogP contribution in [-0.4, -0.2) is 13.5 Å². The Morgan fingerprint density at radius 3 is 2.60 bits per heavy atom. The standard InChI is InChI=1S/C13H13ClN2O3S/c1-8-12(15)5-9(14)6-13(8)20(18,19)16-10-3-2-4-11(17)7-10/h2-7,16-17H,15H2,1H3. The molecule has 0 unspecified atom stereocenters. The summed E-state index contributed by atoms with van der Waals surface area (Å²) in [6.45, 7) is 1.60. The first-order valence-corrected chi connectivity index (χ1v) is 7.53. The van der Waals surface area contributed by atoms with Crippen LogP contribution >= 0.6 is 11.6 Å². The minimum absolute atomic E-state index is 0.00541. The molecule has 0 aliphatic carbocycles. The van der Waals surface area contributed by atoms with Gasteiger partial charge in [-0.2, -0.15) is 0 Å². The Labute approximate surface area is 122 Å². The monoisotopic (exact) mass is 312 g/mol. The predicted octanol–water partition coefficient (Wildman–Crippen LogP) is 2.74. The molecule has 0 radical (unpaired) electrons. The van der Waals surface area contributed by atoms with Crippen molar-refractivity contribution in [2.24, 2.45) is 0 Å². The highest BCUT2D eigenvalue weighted by Gasteiger charge is 2.19. The molecule has 5 nitrogen and oxygen atoms in total. The highest BCUT2D eigenvalue weighted by Crippen LogP contribution is 2.28. The predicted molar refractivity (Wildman–Crippen MR) is 79.5 cm³/mol. The average molecular weight is 313 g/mol. The summed E-state index contributed by atoms with van der Waals surface area (Å²) in [6.07, 6.45) is 0. The van der Waals surface area contributed by atoms with Crippen molar-refractivity contribution in [2.75, 3.05) is 10.5 Å². The van der Waals surface area contributed by atoms with Crippen LogP contribution in [0.2, 0.25) is 5.02 Å². The van der Waals surface area contributed by atoms with Crippen LogP contribution in [0.15, 0.2) is 41.3 Å². The first kappa shape index (κ1) is 14.5. The Morgan fingerprint density at radius 2 is 1.95 bits per heavy atom. The van der Waals surface area contributed by atoms with E-state index in [1.54, 1.807) is 6.92 Å². The number of phenolic OH excluding ortho intramolecular Hbond substituents is 1. The fourth-order valence-corrected chi connectivity index (χ4v) is 3.37. The SMILES string of the molecule is Cc1c(N)cc(Cl)cc1S(=O)(=O)Nc1cccc(O)c1. The lowest BCUT2D eigenvalue weighted by Gasteiger charge is -2.12. The number of benzene rings is 2. The molecule has 0 aliphatic heterocycles. The molecular weight excluding hydrogens is 300 g/mol. The smallest absolute Gasteiger partial charge is 0.262 e. The van der Waals surface area contributed by atoms with E-state index in [4.69, 9.17) is 17.3 Å². The number of hydrogen-bond acceptors (Lipinski definition) is 4. The first-order chi connectivity index (χ1) is 9.29. The molecule has 0 aromatic heterocycles. The first-order valence-electron chi connectivity index (χ1n) is 5.67. The van der Waals surface area contributed by atoms with Crippen LogP contribution in [0.25, 0.3) is 0 Å². The number of phenols is 1. The molecule has 0 saturated heterocycles. The van der Waals surface area contributed by atoms with Gasteiger partial charge in [0.1, 0.15) is 5.75 Å². The van der Waals surface area contributed by atoms with Crippen molar-refractivity contribution in [1.82, 2.24) is 0 Å². The Kier molecular flexibility index (Phi) is 3.78. The Hall–Kier alpha value is -1.92. The lowest BCUT2D eigenvalue weighted by molar-refractivity contribution is 0.475. The van der Waals surface area contributed by atoms with Gasteiger partial charge < -0.3 is 10.8 Å². The number of sulfonamides is 1. The topological polar surface area (TPSA) is 92.4 Å². The van der Waals surface area contributed by atoms with Gasteiger partial charge in [-0.15, -0.1) is 0 Å². The quantitative estimate of drug-likeness (QED) is 0.760. The number of halogens is 1. The molecule has 0 heterocycles. The molecule has 7 heteroatoms. The number of nitrogens with one attached hydrogen (secondary N) is 1. The van der Waals surface area contributed by atoms with Crippen LogP contribution in [0.1, 0.15) is 5.56 Å². The lowest BCUT2D eigenvalue weighted by atomic mass is 10.2. The maximum Gasteiger partial charge on any atom is 0.262 e. The van der Waals surface area contributed by atoms with Crippen LogP contribution in [0.3, 0.4) is 0 Å². The number of nitrogen functional groups attached to an aromatic ring is 1. The second-order valence-corrected chi connectivity index (χ2v) is 6.36. The lowest BCUT2D eigenvalue weighted by Crippen LogP contribution is -2.15. The molecule has 0 spiro atoms. The number of rotatable bonds is 3. The molecule has 2 aromatic rings. The van der Waals surface area contributed by atoms with Crippen molar-refractivity contribution in [1.29, 1.82) is 0 Å². The normalized spacial score (nSPS) is 11.3. The highest BCUT2D eigenvalue weighted by molar-refractivity contribution is 7.92. The second-order valence-electron chi connectivity index (χ2n) is 4.27. The molecule has 106 valence electrons. The van der Waals surface area contributed by atoms with Crippen molar-refractivity contribution in [3.63, 3.8) is 0 Å². The van der Waals surface area contributed by atoms with E-state index in [2.05, 4.69) is 4.72 Å². The summed E-state index contributed by atoms with van der Waals surface area (Å²) in [7, 11) is -3.83. The van der Waals surface area contributed by atoms with E-state index in [9.17, 15) is 13.5 Å². The Morgan fingerprint density at radius 1 is 1.25 bits per heavy atom. The fourth-order valence-electron chi connectivity index (χ4n) is 1.73. The maximum absolute atomic E-state index is 12.3. The van der Waals surface area contributed by atoms with E-state index < -0.39 is 10.0 Å². The van der Waals surface area contributed by atoms with E-state index in [-0.39, 0.29) is 21.4 Å². The van der Waals surface area contributed by atoms with Crippen molar-refractivity contribution < 1.29 is 13.5 Å². The van der Waals surface area contributed by atoms with Gasteiger partial charge in [-0.25, -0.2) is 8.42 Å². The number of hydrogen-bond donors (Lipinski definition) is 3. The molecule has 2 aromatic carbocycles. The minimum Gasteiger partial charge on any atom is -0.508 e. The van der Waals surface area contributed by atoms with Gasteiger partial charge in [-0.1, -0.05) is 17.7 Å². The highest BCUT2D eigenvalue weighted by atomic mass is 35.5. The second kappa shape index (κ2) is 5.22. The Balaban J connectivity index is 2.46. The number of nitrogens with two attached hydrogens (primary N) is 1. The van der Waals surface area contributed by atoms with Gasteiger partial charge in [0.05, 0.1) is 10.6 Å². The van der Waals surface area contributed by atoms with Crippen molar-refractivity contribution >= 4 is 33.0 Å². The average Bonchev–Trinajstić information content (AvgIpc) is 2.33. The zero-order valence-electron chi connectivity index (χ0n) is 10.6. The van der Waals surface area contributed by atoms with Gasteiger partial charge >= 0.3 is 0 Å². The number of aromatic hydroxyl groups is 1. The summed E-state index contributed by atoms with van der Waals surface area (Å²) < 4.78 is 27.0. The summed E-state index contributed by atoms with van der Waals surface area (Å²) in [5, 5.41) is 9.59. The van der Waals surface area contributed by atoms with E-state index in [0.29, 0.717) is 11.3 Å². The van der Waals surface area contributed by atoms with E-state index in [0.717, 1.165) is 0 Å². The number of anilines is 2. The largest absolute Gasteiger partial charge is 0.508 e. The van der Waals surface area contributed by atoms with Crippen LogP contribution in [-0.2, 0) is 10.0 Å². The van der Waals surface area contributed by atoms with Gasteiger partial charge in [0.25, 0.3) is 10.0 Å². The van der Waals surface area contributed by atoms with Gasteiger partial charge in [0, 0.05) is 16.8 Å². The maximum atomic E-state index is 12.3.